The lowest BCUT2D eigenvalue weighted by Crippen LogP contribution is -2.03. The minimum absolute atomic E-state index is 0.0813. The largest absolute Gasteiger partial charge is 0.507 e. The molecule has 0 saturated heterocycles. The molecule has 2 aromatic carbocycles. The second-order valence-corrected chi connectivity index (χ2v) is 6.68. The summed E-state index contributed by atoms with van der Waals surface area (Å²) in [6.07, 6.45) is 3.68. The molecule has 4 N–H and O–H groups in total. The number of para-hydroxylation sites is 1. The van der Waals surface area contributed by atoms with Crippen molar-refractivity contribution in [3.05, 3.63) is 66.0 Å². The third-order valence-corrected chi connectivity index (χ3v) is 4.35. The first-order valence-electron chi connectivity index (χ1n) is 8.31. The van der Waals surface area contributed by atoms with E-state index >= 15 is 0 Å². The molecule has 0 aliphatic heterocycles. The zero-order chi connectivity index (χ0) is 19.3. The van der Waals surface area contributed by atoms with Crippen LogP contribution in [-0.4, -0.2) is 30.3 Å². The predicted molar refractivity (Wildman–Crippen MR) is 110 cm³/mol. The number of benzene rings is 2. The zero-order valence-electron chi connectivity index (χ0n) is 14.5. The predicted octanol–water partition coefficient (Wildman–Crippen LogP) is 3.59. The van der Waals surface area contributed by atoms with E-state index < -0.39 is 0 Å². The van der Waals surface area contributed by atoms with E-state index in [9.17, 15) is 5.11 Å². The van der Waals surface area contributed by atoms with E-state index in [0.717, 1.165) is 5.56 Å². The fraction of sp³-hybridized carbons (Fsp3) is 0. The Labute approximate surface area is 164 Å². The number of rotatable bonds is 5. The normalized spacial score (nSPS) is 11.0. The summed E-state index contributed by atoms with van der Waals surface area (Å²) in [6.45, 7) is 0. The van der Waals surface area contributed by atoms with E-state index in [-0.39, 0.29) is 11.7 Å². The molecule has 0 unspecified atom stereocenters. The van der Waals surface area contributed by atoms with Crippen molar-refractivity contribution in [2.75, 3.05) is 11.1 Å². The van der Waals surface area contributed by atoms with Gasteiger partial charge >= 0.3 is 0 Å². The quantitative estimate of drug-likeness (QED) is 0.473. The van der Waals surface area contributed by atoms with Crippen LogP contribution in [0.2, 0.25) is 0 Å². The van der Waals surface area contributed by atoms with Crippen molar-refractivity contribution in [1.82, 2.24) is 25.1 Å². The molecular formula is C19H15N7OS. The van der Waals surface area contributed by atoms with E-state index in [4.69, 9.17) is 5.73 Å². The molecule has 0 atom stereocenters. The molecule has 0 radical (unpaired) electrons. The number of nitrogen functional groups attached to an aromatic ring is 1. The molecule has 9 heteroatoms. The highest BCUT2D eigenvalue weighted by Gasteiger charge is 2.12. The Morgan fingerprint density at radius 2 is 1.68 bits per heavy atom. The molecule has 0 saturated carbocycles. The van der Waals surface area contributed by atoms with Crippen LogP contribution < -0.4 is 11.1 Å². The van der Waals surface area contributed by atoms with Crippen LogP contribution in [-0.2, 0) is 0 Å². The molecule has 0 bridgehead atoms. The first kappa shape index (κ1) is 17.6. The molecule has 0 amide bonds. The Hall–Kier alpha value is -3.85. The molecule has 8 nitrogen and oxygen atoms in total. The number of aromatic nitrogens is 5. The standard InChI is InChI=1S/C19H15N7OS/c20-17-25-26-19(28-17)24-18-22-15(11-10-12-6-2-1-3-7-12)21-16(23-18)13-8-4-5-9-14(13)27/h1-11,27H,(H2,20,25)(H,21,22,23,24,26). The topological polar surface area (TPSA) is 123 Å². The molecule has 4 aromatic rings. The Bertz CT molecular complexity index is 1130. The van der Waals surface area contributed by atoms with Crippen LogP contribution in [0.15, 0.2) is 54.6 Å². The number of aromatic hydroxyl groups is 1. The third kappa shape index (κ3) is 4.10. The van der Waals surface area contributed by atoms with Gasteiger partial charge in [0.15, 0.2) is 11.6 Å². The van der Waals surface area contributed by atoms with E-state index in [0.29, 0.717) is 27.5 Å². The molecule has 0 spiro atoms. The summed E-state index contributed by atoms with van der Waals surface area (Å²) >= 11 is 1.18. The maximum atomic E-state index is 10.2. The lowest BCUT2D eigenvalue weighted by atomic mass is 10.2. The van der Waals surface area contributed by atoms with Gasteiger partial charge in [0, 0.05) is 0 Å². The highest BCUT2D eigenvalue weighted by Crippen LogP contribution is 2.27. The Morgan fingerprint density at radius 1 is 0.893 bits per heavy atom. The molecule has 28 heavy (non-hydrogen) atoms. The van der Waals surface area contributed by atoms with E-state index in [1.54, 1.807) is 30.3 Å². The number of hydrogen-bond donors (Lipinski definition) is 3. The molecular weight excluding hydrogens is 374 g/mol. The molecule has 4 rings (SSSR count). The average Bonchev–Trinajstić information content (AvgIpc) is 3.12. The van der Waals surface area contributed by atoms with Crippen molar-refractivity contribution in [3.8, 4) is 17.1 Å². The van der Waals surface area contributed by atoms with Gasteiger partial charge in [0.05, 0.1) is 5.56 Å². The van der Waals surface area contributed by atoms with Crippen LogP contribution in [0.5, 0.6) is 5.75 Å². The summed E-state index contributed by atoms with van der Waals surface area (Å²) < 4.78 is 0. The van der Waals surface area contributed by atoms with Gasteiger partial charge in [-0.2, -0.15) is 9.97 Å². The number of anilines is 3. The zero-order valence-corrected chi connectivity index (χ0v) is 15.3. The van der Waals surface area contributed by atoms with Crippen LogP contribution in [0, 0.1) is 0 Å². The van der Waals surface area contributed by atoms with Crippen molar-refractivity contribution < 1.29 is 5.11 Å². The van der Waals surface area contributed by atoms with Gasteiger partial charge in [-0.05, 0) is 23.8 Å². The monoisotopic (exact) mass is 389 g/mol. The Balaban J connectivity index is 1.74. The number of hydrogen-bond acceptors (Lipinski definition) is 9. The molecule has 2 aromatic heterocycles. The maximum absolute atomic E-state index is 10.2. The van der Waals surface area contributed by atoms with Crippen LogP contribution in [0.25, 0.3) is 23.5 Å². The number of nitrogens with zero attached hydrogens (tertiary/aromatic N) is 5. The summed E-state index contributed by atoms with van der Waals surface area (Å²) in [6, 6.07) is 16.7. The highest BCUT2D eigenvalue weighted by atomic mass is 32.1. The molecule has 0 aliphatic carbocycles. The molecule has 138 valence electrons. The first-order valence-corrected chi connectivity index (χ1v) is 9.12. The third-order valence-electron chi connectivity index (χ3n) is 3.68. The van der Waals surface area contributed by atoms with Crippen LogP contribution in [0.1, 0.15) is 11.4 Å². The van der Waals surface area contributed by atoms with Crippen LogP contribution in [0.4, 0.5) is 16.2 Å². The second-order valence-electron chi connectivity index (χ2n) is 5.67. The van der Waals surface area contributed by atoms with Crippen molar-refractivity contribution in [2.45, 2.75) is 0 Å². The van der Waals surface area contributed by atoms with Gasteiger partial charge in [-0.3, -0.25) is 5.32 Å². The Morgan fingerprint density at radius 3 is 2.43 bits per heavy atom. The van der Waals surface area contributed by atoms with Gasteiger partial charge in [-0.1, -0.05) is 59.9 Å². The van der Waals surface area contributed by atoms with E-state index in [2.05, 4.69) is 30.5 Å². The summed E-state index contributed by atoms with van der Waals surface area (Å²) in [5, 5.41) is 21.6. The van der Waals surface area contributed by atoms with Crippen molar-refractivity contribution in [1.29, 1.82) is 0 Å². The minimum Gasteiger partial charge on any atom is -0.507 e. The fourth-order valence-corrected chi connectivity index (χ4v) is 2.93. The smallest absolute Gasteiger partial charge is 0.233 e. The first-order chi connectivity index (χ1) is 13.7. The van der Waals surface area contributed by atoms with Gasteiger partial charge in [-0.25, -0.2) is 4.98 Å². The number of phenolic OH excluding ortho intramolecular Hbond substituents is 1. The summed E-state index contributed by atoms with van der Waals surface area (Å²) in [7, 11) is 0. The highest BCUT2D eigenvalue weighted by molar-refractivity contribution is 7.18. The molecule has 0 fully saturated rings. The maximum Gasteiger partial charge on any atom is 0.233 e. The SMILES string of the molecule is Nc1nnc(Nc2nc(C=Cc3ccccc3)nc(-c3ccccc3O)n2)s1. The lowest BCUT2D eigenvalue weighted by Gasteiger charge is -2.07. The van der Waals surface area contributed by atoms with Crippen molar-refractivity contribution in [2.24, 2.45) is 0 Å². The summed E-state index contributed by atoms with van der Waals surface area (Å²) in [5.74, 6) is 1.12. The van der Waals surface area contributed by atoms with Crippen molar-refractivity contribution in [3.63, 3.8) is 0 Å². The average molecular weight is 389 g/mol. The van der Waals surface area contributed by atoms with Crippen LogP contribution >= 0.6 is 11.3 Å². The minimum atomic E-state index is 0.0813. The fourth-order valence-electron chi connectivity index (χ4n) is 2.42. The molecule has 0 aliphatic rings. The second kappa shape index (κ2) is 7.80. The lowest BCUT2D eigenvalue weighted by molar-refractivity contribution is 0.477. The van der Waals surface area contributed by atoms with Gasteiger partial charge < -0.3 is 10.8 Å². The summed E-state index contributed by atoms with van der Waals surface area (Å²) in [4.78, 5) is 13.3. The van der Waals surface area contributed by atoms with Gasteiger partial charge in [-0.15, -0.1) is 10.2 Å². The number of phenols is 1. The molecule has 2 heterocycles. The van der Waals surface area contributed by atoms with Gasteiger partial charge in [0.2, 0.25) is 16.2 Å². The summed E-state index contributed by atoms with van der Waals surface area (Å²) in [5.41, 5.74) is 7.13. The van der Waals surface area contributed by atoms with E-state index in [1.807, 2.05) is 36.4 Å². The van der Waals surface area contributed by atoms with Gasteiger partial charge in [0.25, 0.3) is 0 Å². The van der Waals surface area contributed by atoms with E-state index in [1.165, 1.54) is 11.3 Å². The number of nitrogens with one attached hydrogen (secondary N) is 1. The van der Waals surface area contributed by atoms with Crippen LogP contribution in [0.3, 0.4) is 0 Å². The van der Waals surface area contributed by atoms with Crippen molar-refractivity contribution >= 4 is 39.7 Å². The number of nitrogens with two attached hydrogens (primary N) is 1. The van der Waals surface area contributed by atoms with Gasteiger partial charge in [0.1, 0.15) is 5.75 Å². The Kier molecular flexibility index (Phi) is 4.89.